The van der Waals surface area contributed by atoms with E-state index in [0.29, 0.717) is 0 Å². The Bertz CT molecular complexity index is 9.61. The molecular weight excluding hydrogens is 104 g/mol. The average Bonchev–Trinajstić information content (AvgIpc) is 1.00. The summed E-state index contributed by atoms with van der Waals surface area (Å²) in [5.74, 6) is 0. The van der Waals surface area contributed by atoms with Gasteiger partial charge in [0.05, 0.1) is 0 Å². The van der Waals surface area contributed by atoms with E-state index in [9.17, 15) is 0 Å². The zero-order chi connectivity index (χ0) is 2.00. The van der Waals surface area contributed by atoms with Gasteiger partial charge < -0.3 is 16.3 Å². The molecule has 0 aromatic rings. The van der Waals surface area contributed by atoms with Crippen molar-refractivity contribution in [3.05, 3.63) is 0 Å². The van der Waals surface area contributed by atoms with Crippen molar-refractivity contribution in [1.82, 2.24) is 6.15 Å². The molecule has 0 unspecified atom stereocenters. The monoisotopic (exact) mass is 109 g/mol. The van der Waals surface area contributed by atoms with Gasteiger partial charge in [-0.05, 0) is 0 Å². The molecule has 0 aromatic carbocycles. The molecule has 0 atom stereocenters. The minimum Gasteiger partial charge on any atom is -0.870 e. The van der Waals surface area contributed by atoms with Crippen LogP contribution in [-0.4, -0.2) is 5.48 Å². The summed E-state index contributed by atoms with van der Waals surface area (Å²) < 4.78 is 7.72. The van der Waals surface area contributed by atoms with Crippen LogP contribution in [0.15, 0.2) is 0 Å². The van der Waals surface area contributed by atoms with E-state index in [-0.39, 0.29) is 41.2 Å². The standard InChI is InChI=1S/ClO.H3N.Na.H2O/c1-2;;;/h;1H3;;1H2/q-1;;+1;. The number of hydrogen-bond donors (Lipinski definition) is 1. The smallest absolute Gasteiger partial charge is 0.870 e. The van der Waals surface area contributed by atoms with Crippen LogP contribution in [0.2, 0.25) is 0 Å². The molecule has 0 aliphatic rings. The molecule has 0 heterocycles. The first kappa shape index (κ1) is 35.0. The van der Waals surface area contributed by atoms with Gasteiger partial charge in [0.25, 0.3) is 0 Å². The summed E-state index contributed by atoms with van der Waals surface area (Å²) in [7, 11) is 0. The van der Waals surface area contributed by atoms with Crippen LogP contribution in [0.4, 0.5) is 0 Å². The molecule has 5 N–H and O–H groups in total. The zero-order valence-corrected chi connectivity index (χ0v) is 5.99. The van der Waals surface area contributed by atoms with Gasteiger partial charge in [-0.2, -0.15) is 0 Å². The van der Waals surface area contributed by atoms with Gasteiger partial charge in [0.15, 0.2) is 0 Å². The summed E-state index contributed by atoms with van der Waals surface area (Å²) >= 11 is 3.39. The van der Waals surface area contributed by atoms with Gasteiger partial charge in [-0.3, -0.25) is 0 Å². The molecule has 0 rings (SSSR count). The molecule has 0 bridgehead atoms. The van der Waals surface area contributed by atoms with E-state index < -0.39 is 0 Å². The van der Waals surface area contributed by atoms with Gasteiger partial charge in [-0.25, -0.2) is 11.9 Å². The van der Waals surface area contributed by atoms with Crippen LogP contribution in [0, 0.1) is 0 Å². The maximum Gasteiger partial charge on any atom is 1.00 e. The molecule has 0 amide bonds. The Hall–Kier alpha value is 1.17. The van der Waals surface area contributed by atoms with Crippen molar-refractivity contribution in [1.29, 1.82) is 0 Å². The third kappa shape index (κ3) is 38.0. The van der Waals surface area contributed by atoms with E-state index in [4.69, 9.17) is 4.66 Å². The van der Waals surface area contributed by atoms with Crippen molar-refractivity contribution in [3.8, 4) is 0 Å². The van der Waals surface area contributed by atoms with E-state index >= 15 is 0 Å². The number of quaternary nitrogens is 1. The summed E-state index contributed by atoms with van der Waals surface area (Å²) in [6.45, 7) is 0. The minimum atomic E-state index is 0. The van der Waals surface area contributed by atoms with E-state index in [0.717, 1.165) is 0 Å². The molecule has 0 fully saturated rings. The van der Waals surface area contributed by atoms with E-state index in [1.54, 1.807) is 0 Å². The molecular formula is H5ClNNaO2. The van der Waals surface area contributed by atoms with Gasteiger partial charge in [-0.1, -0.05) is 0 Å². The van der Waals surface area contributed by atoms with E-state index in [2.05, 4.69) is 11.9 Å². The van der Waals surface area contributed by atoms with E-state index in [1.165, 1.54) is 0 Å². The summed E-state index contributed by atoms with van der Waals surface area (Å²) in [5, 5.41) is 0. The average molecular weight is 109 g/mol. The zero-order valence-electron chi connectivity index (χ0n) is 3.23. The second-order valence-corrected chi connectivity index (χ2v) is 0. The van der Waals surface area contributed by atoms with Crippen molar-refractivity contribution >= 4 is 11.9 Å². The molecule has 0 aliphatic carbocycles. The molecule has 30 valence electrons. The van der Waals surface area contributed by atoms with Crippen molar-refractivity contribution < 1.29 is 39.7 Å². The van der Waals surface area contributed by atoms with Crippen LogP contribution in [0.5, 0.6) is 0 Å². The quantitative estimate of drug-likeness (QED) is 0.330. The predicted molar refractivity (Wildman–Crippen MR) is 13.8 cm³/mol. The number of hydrogen-bond acceptors (Lipinski definition) is 2. The molecule has 3 nitrogen and oxygen atoms in total. The van der Waals surface area contributed by atoms with Gasteiger partial charge in [0.1, 0.15) is 0 Å². The van der Waals surface area contributed by atoms with E-state index in [1.807, 2.05) is 0 Å². The third-order valence-electron chi connectivity index (χ3n) is 0. The van der Waals surface area contributed by atoms with Crippen molar-refractivity contribution in [2.45, 2.75) is 0 Å². The van der Waals surface area contributed by atoms with Crippen molar-refractivity contribution in [2.24, 2.45) is 0 Å². The SMILES string of the molecule is [NH4+].[Na+].[O-]Cl.[OH-]. The predicted octanol–water partition coefficient (Wildman–Crippen LogP) is -3.30. The second-order valence-electron chi connectivity index (χ2n) is 0. The second kappa shape index (κ2) is 65.7. The maximum atomic E-state index is 7.72. The number of halogens is 1. The molecule has 0 aromatic heterocycles. The molecule has 0 saturated heterocycles. The summed E-state index contributed by atoms with van der Waals surface area (Å²) in [6, 6.07) is 0. The molecule has 0 saturated carbocycles. The Morgan fingerprint density at radius 2 is 1.20 bits per heavy atom. The first-order valence-electron chi connectivity index (χ1n) is 0.154. The van der Waals surface area contributed by atoms with Crippen LogP contribution in [0.1, 0.15) is 0 Å². The van der Waals surface area contributed by atoms with Crippen LogP contribution < -0.4 is 40.4 Å². The minimum absolute atomic E-state index is 0. The largest absolute Gasteiger partial charge is 1.00 e. The Labute approximate surface area is 57.7 Å². The molecule has 0 spiro atoms. The summed E-state index contributed by atoms with van der Waals surface area (Å²) in [4.78, 5) is 0. The van der Waals surface area contributed by atoms with Gasteiger partial charge >= 0.3 is 29.6 Å². The first-order chi connectivity index (χ1) is 1.00. The Morgan fingerprint density at radius 1 is 1.20 bits per heavy atom. The summed E-state index contributed by atoms with van der Waals surface area (Å²) in [5.41, 5.74) is 0. The van der Waals surface area contributed by atoms with Crippen molar-refractivity contribution in [3.63, 3.8) is 0 Å². The summed E-state index contributed by atoms with van der Waals surface area (Å²) in [6.07, 6.45) is 0. The third-order valence-corrected chi connectivity index (χ3v) is 0. The maximum absolute atomic E-state index is 7.72. The molecule has 0 radical (unpaired) electrons. The fourth-order valence-electron chi connectivity index (χ4n) is 0. The van der Waals surface area contributed by atoms with Crippen molar-refractivity contribution in [2.75, 3.05) is 0 Å². The Morgan fingerprint density at radius 3 is 1.20 bits per heavy atom. The van der Waals surface area contributed by atoms with Crippen LogP contribution in [0.25, 0.3) is 0 Å². The Balaban J connectivity index is -0.00000000167. The topological polar surface area (TPSA) is 89.6 Å². The van der Waals surface area contributed by atoms with Gasteiger partial charge in [-0.15, -0.1) is 0 Å². The first-order valence-corrected chi connectivity index (χ1v) is 0.463. The van der Waals surface area contributed by atoms with Crippen LogP contribution in [-0.2, 0) is 0 Å². The van der Waals surface area contributed by atoms with Gasteiger partial charge in [0, 0.05) is 0 Å². The fraction of sp³-hybridized carbons (Fsp3) is 0. The molecule has 5 heteroatoms. The number of rotatable bonds is 0. The fourth-order valence-corrected chi connectivity index (χ4v) is 0. The van der Waals surface area contributed by atoms with Crippen LogP contribution in [0.3, 0.4) is 0 Å². The molecule has 5 heavy (non-hydrogen) atoms. The van der Waals surface area contributed by atoms with Gasteiger partial charge in [0.2, 0.25) is 0 Å². The molecule has 0 aliphatic heterocycles. The van der Waals surface area contributed by atoms with Crippen LogP contribution >= 0.6 is 11.9 Å². The Kier molecular flexibility index (Phi) is 460. The normalized spacial score (nSPS) is 1.20.